The molecule has 2 rings (SSSR count). The molecule has 1 aliphatic carbocycles. The number of amides is 1. The van der Waals surface area contributed by atoms with Crippen molar-refractivity contribution in [3.63, 3.8) is 0 Å². The fourth-order valence-electron chi connectivity index (χ4n) is 3.77. The number of aliphatic hydroxyl groups is 2. The van der Waals surface area contributed by atoms with Gasteiger partial charge in [-0.05, 0) is 36.2 Å². The zero-order valence-electron chi connectivity index (χ0n) is 14.3. The molecule has 0 bridgehead atoms. The summed E-state index contributed by atoms with van der Waals surface area (Å²) in [7, 11) is 0. The highest BCUT2D eigenvalue weighted by atomic mass is 16.3. The maximum Gasteiger partial charge on any atom is 0.252 e. The van der Waals surface area contributed by atoms with E-state index in [0.29, 0.717) is 12.3 Å². The summed E-state index contributed by atoms with van der Waals surface area (Å²) in [5, 5.41) is 24.0. The molecule has 0 radical (unpaired) electrons. The Hall–Kier alpha value is -1.39. The molecule has 0 spiro atoms. The van der Waals surface area contributed by atoms with Gasteiger partial charge in [0.25, 0.3) is 5.91 Å². The average molecular weight is 319 g/mol. The summed E-state index contributed by atoms with van der Waals surface area (Å²) in [6, 6.07) is 9.24. The molecule has 0 unspecified atom stereocenters. The van der Waals surface area contributed by atoms with Crippen molar-refractivity contribution < 1.29 is 15.0 Å². The van der Waals surface area contributed by atoms with E-state index in [9.17, 15) is 15.0 Å². The van der Waals surface area contributed by atoms with Crippen molar-refractivity contribution in [1.29, 1.82) is 0 Å². The molecule has 1 aliphatic rings. The van der Waals surface area contributed by atoms with Crippen molar-refractivity contribution in [1.82, 2.24) is 5.32 Å². The van der Waals surface area contributed by atoms with Crippen LogP contribution in [0.2, 0.25) is 0 Å². The number of hydrogen-bond donors (Lipinski definition) is 3. The number of rotatable bonds is 5. The predicted octanol–water partition coefficient (Wildman–Crippen LogP) is 2.66. The van der Waals surface area contributed by atoms with Crippen LogP contribution in [0, 0.1) is 17.8 Å². The Morgan fingerprint density at radius 2 is 1.96 bits per heavy atom. The lowest BCUT2D eigenvalue weighted by molar-refractivity contribution is -0.156. The summed E-state index contributed by atoms with van der Waals surface area (Å²) in [5.74, 6) is 0.197. The maximum absolute atomic E-state index is 12.6. The first kappa shape index (κ1) is 18.0. The first-order valence-corrected chi connectivity index (χ1v) is 8.58. The minimum absolute atomic E-state index is 0.0347. The van der Waals surface area contributed by atoms with Crippen LogP contribution < -0.4 is 5.32 Å². The number of carbonyl (C=O) groups excluding carboxylic acids is 1. The van der Waals surface area contributed by atoms with Gasteiger partial charge in [-0.1, -0.05) is 57.5 Å². The number of hydrogen-bond acceptors (Lipinski definition) is 3. The molecule has 1 amide bonds. The van der Waals surface area contributed by atoms with Gasteiger partial charge < -0.3 is 15.5 Å². The predicted molar refractivity (Wildman–Crippen MR) is 90.7 cm³/mol. The summed E-state index contributed by atoms with van der Waals surface area (Å²) in [6.45, 7) is 6.30. The largest absolute Gasteiger partial charge is 0.387 e. The summed E-state index contributed by atoms with van der Waals surface area (Å²) in [4.78, 5) is 12.6. The molecule has 4 nitrogen and oxygen atoms in total. The Balaban J connectivity index is 2.02. The monoisotopic (exact) mass is 319 g/mol. The van der Waals surface area contributed by atoms with Gasteiger partial charge in [-0.25, -0.2) is 0 Å². The minimum atomic E-state index is -1.33. The molecule has 0 aromatic heterocycles. The van der Waals surface area contributed by atoms with E-state index in [1.807, 2.05) is 30.3 Å². The van der Waals surface area contributed by atoms with E-state index in [0.717, 1.165) is 18.4 Å². The standard InChI is InChI=1S/C19H29NO3/c1-13(2)16-10-9-14(3)11-19(16,23)18(22)20-12-17(21)15-7-5-4-6-8-15/h4-8,13-14,16-17,21,23H,9-12H2,1-3H3,(H,20,22)/t14-,16+,17+,19+/m1/s1. The van der Waals surface area contributed by atoms with Crippen molar-refractivity contribution in [3.8, 4) is 0 Å². The van der Waals surface area contributed by atoms with E-state index < -0.39 is 11.7 Å². The topological polar surface area (TPSA) is 69.6 Å². The lowest BCUT2D eigenvalue weighted by atomic mass is 9.66. The van der Waals surface area contributed by atoms with Gasteiger partial charge >= 0.3 is 0 Å². The van der Waals surface area contributed by atoms with Crippen LogP contribution in [-0.2, 0) is 4.79 Å². The number of aliphatic hydroxyl groups excluding tert-OH is 1. The van der Waals surface area contributed by atoms with Crippen molar-refractivity contribution in [2.45, 2.75) is 51.7 Å². The molecule has 4 heteroatoms. The third-order valence-corrected chi connectivity index (χ3v) is 5.08. The molecule has 0 aliphatic heterocycles. The normalized spacial score (nSPS) is 29.3. The van der Waals surface area contributed by atoms with Gasteiger partial charge in [0, 0.05) is 6.54 Å². The molecule has 0 heterocycles. The van der Waals surface area contributed by atoms with Crippen LogP contribution in [0.1, 0.15) is 51.7 Å². The Kier molecular flexibility index (Phi) is 5.82. The molecule has 3 N–H and O–H groups in total. The highest BCUT2D eigenvalue weighted by Gasteiger charge is 2.48. The lowest BCUT2D eigenvalue weighted by Crippen LogP contribution is -2.56. The second-order valence-electron chi connectivity index (χ2n) is 7.30. The summed E-state index contributed by atoms with van der Waals surface area (Å²) < 4.78 is 0. The zero-order valence-corrected chi connectivity index (χ0v) is 14.3. The first-order chi connectivity index (χ1) is 10.8. The van der Waals surface area contributed by atoms with Gasteiger partial charge in [-0.15, -0.1) is 0 Å². The Morgan fingerprint density at radius 3 is 2.57 bits per heavy atom. The van der Waals surface area contributed by atoms with E-state index >= 15 is 0 Å². The molecule has 0 saturated heterocycles. The van der Waals surface area contributed by atoms with E-state index in [-0.39, 0.29) is 24.3 Å². The molecular weight excluding hydrogens is 290 g/mol. The van der Waals surface area contributed by atoms with Gasteiger partial charge in [0.1, 0.15) is 5.60 Å². The van der Waals surface area contributed by atoms with E-state index in [1.54, 1.807) is 0 Å². The van der Waals surface area contributed by atoms with Crippen molar-refractivity contribution >= 4 is 5.91 Å². The Bertz CT molecular complexity index is 517. The van der Waals surface area contributed by atoms with Crippen molar-refractivity contribution in [3.05, 3.63) is 35.9 Å². The van der Waals surface area contributed by atoms with Gasteiger partial charge in [-0.2, -0.15) is 0 Å². The minimum Gasteiger partial charge on any atom is -0.387 e. The van der Waals surface area contributed by atoms with Crippen molar-refractivity contribution in [2.24, 2.45) is 17.8 Å². The number of benzene rings is 1. The van der Waals surface area contributed by atoms with Crippen LogP contribution in [0.5, 0.6) is 0 Å². The van der Waals surface area contributed by atoms with Crippen LogP contribution in [0.3, 0.4) is 0 Å². The van der Waals surface area contributed by atoms with Gasteiger partial charge in [-0.3, -0.25) is 4.79 Å². The number of nitrogens with one attached hydrogen (secondary N) is 1. The second kappa shape index (κ2) is 7.45. The summed E-state index contributed by atoms with van der Waals surface area (Å²) in [6.07, 6.45) is 1.64. The molecule has 128 valence electrons. The van der Waals surface area contributed by atoms with Crippen molar-refractivity contribution in [2.75, 3.05) is 6.54 Å². The molecular formula is C19H29NO3. The van der Waals surface area contributed by atoms with Gasteiger partial charge in [0.15, 0.2) is 0 Å². The Morgan fingerprint density at radius 1 is 1.30 bits per heavy atom. The number of carbonyl (C=O) groups is 1. The third kappa shape index (κ3) is 4.12. The van der Waals surface area contributed by atoms with E-state index in [2.05, 4.69) is 26.1 Å². The average Bonchev–Trinajstić information content (AvgIpc) is 2.52. The van der Waals surface area contributed by atoms with Crippen LogP contribution in [-0.4, -0.2) is 28.3 Å². The Labute approximate surface area is 138 Å². The fraction of sp³-hybridized carbons (Fsp3) is 0.632. The van der Waals surface area contributed by atoms with Crippen LogP contribution >= 0.6 is 0 Å². The molecule has 4 atom stereocenters. The van der Waals surface area contributed by atoms with Crippen LogP contribution in [0.15, 0.2) is 30.3 Å². The smallest absolute Gasteiger partial charge is 0.252 e. The van der Waals surface area contributed by atoms with Gasteiger partial charge in [0.05, 0.1) is 6.10 Å². The van der Waals surface area contributed by atoms with Gasteiger partial charge in [0.2, 0.25) is 0 Å². The van der Waals surface area contributed by atoms with Crippen LogP contribution in [0.25, 0.3) is 0 Å². The summed E-state index contributed by atoms with van der Waals surface area (Å²) >= 11 is 0. The highest BCUT2D eigenvalue weighted by Crippen LogP contribution is 2.41. The first-order valence-electron chi connectivity index (χ1n) is 8.58. The van der Waals surface area contributed by atoms with E-state index in [4.69, 9.17) is 0 Å². The molecule has 1 aromatic carbocycles. The lowest BCUT2D eigenvalue weighted by Gasteiger charge is -2.43. The molecule has 23 heavy (non-hydrogen) atoms. The quantitative estimate of drug-likeness (QED) is 0.781. The van der Waals surface area contributed by atoms with E-state index in [1.165, 1.54) is 0 Å². The highest BCUT2D eigenvalue weighted by molar-refractivity contribution is 5.85. The summed E-state index contributed by atoms with van der Waals surface area (Å²) in [5.41, 5.74) is -0.570. The molecule has 1 saturated carbocycles. The second-order valence-corrected chi connectivity index (χ2v) is 7.30. The zero-order chi connectivity index (χ0) is 17.0. The SMILES string of the molecule is CC(C)[C@@H]1CC[C@@H](C)C[C@@]1(O)C(=O)NC[C@H](O)c1ccccc1. The maximum atomic E-state index is 12.6. The molecule has 1 aromatic rings. The molecule has 1 fully saturated rings. The fourth-order valence-corrected chi connectivity index (χ4v) is 3.77. The van der Waals surface area contributed by atoms with Crippen LogP contribution in [0.4, 0.5) is 0 Å². The third-order valence-electron chi connectivity index (χ3n) is 5.08.